The van der Waals surface area contributed by atoms with Crippen LogP contribution in [0.25, 0.3) is 0 Å². The highest BCUT2D eigenvalue weighted by Gasteiger charge is 2.25. The van der Waals surface area contributed by atoms with Gasteiger partial charge in [0, 0.05) is 60.3 Å². The number of hydrogen-bond acceptors (Lipinski definition) is 4. The van der Waals surface area contributed by atoms with Crippen molar-refractivity contribution in [1.82, 2.24) is 15.6 Å². The molecule has 1 aliphatic heterocycles. The van der Waals surface area contributed by atoms with Crippen LogP contribution in [-0.4, -0.2) is 42.6 Å². The Balaban J connectivity index is 1.17. The zero-order valence-electron chi connectivity index (χ0n) is 21.1. The molecule has 7 nitrogen and oxygen atoms in total. The number of amides is 3. The summed E-state index contributed by atoms with van der Waals surface area (Å²) in [5.74, 6) is 0.101. The largest absolute Gasteiger partial charge is 0.371 e. The van der Waals surface area contributed by atoms with Crippen LogP contribution < -0.4 is 20.9 Å². The molecular formula is C29H31Cl2N5O2. The Morgan fingerprint density at radius 3 is 2.53 bits per heavy atom. The van der Waals surface area contributed by atoms with Gasteiger partial charge >= 0.3 is 6.03 Å². The van der Waals surface area contributed by atoms with Gasteiger partial charge < -0.3 is 20.9 Å². The first kappa shape index (κ1) is 26.3. The van der Waals surface area contributed by atoms with Crippen LogP contribution in [0.2, 0.25) is 10.0 Å². The molecule has 0 radical (unpaired) electrons. The third kappa shape index (κ3) is 6.40. The molecule has 9 heteroatoms. The number of nitrogens with one attached hydrogen (secondary N) is 3. The van der Waals surface area contributed by atoms with Gasteiger partial charge in [0.1, 0.15) is 0 Å². The van der Waals surface area contributed by atoms with Gasteiger partial charge in [-0.25, -0.2) is 4.79 Å². The molecule has 1 fully saturated rings. The van der Waals surface area contributed by atoms with Gasteiger partial charge in [0.05, 0.1) is 10.7 Å². The van der Waals surface area contributed by atoms with Gasteiger partial charge in [-0.2, -0.15) is 0 Å². The molecular weight excluding hydrogens is 521 g/mol. The molecule has 1 unspecified atom stereocenters. The topological polar surface area (TPSA) is 86.4 Å². The molecule has 2 aliphatic rings. The summed E-state index contributed by atoms with van der Waals surface area (Å²) >= 11 is 12.1. The van der Waals surface area contributed by atoms with Crippen molar-refractivity contribution in [1.29, 1.82) is 0 Å². The summed E-state index contributed by atoms with van der Waals surface area (Å²) in [6, 6.07) is 14.8. The molecule has 3 amide bonds. The van der Waals surface area contributed by atoms with E-state index in [1.807, 2.05) is 36.7 Å². The summed E-state index contributed by atoms with van der Waals surface area (Å²) in [6.45, 7) is 2.27. The molecule has 2 aromatic carbocycles. The zero-order valence-corrected chi connectivity index (χ0v) is 22.6. The molecule has 38 heavy (non-hydrogen) atoms. The lowest BCUT2D eigenvalue weighted by Crippen LogP contribution is -2.44. The summed E-state index contributed by atoms with van der Waals surface area (Å²) in [4.78, 5) is 32.1. The number of hydrogen-bond donors (Lipinski definition) is 3. The molecule has 1 aliphatic carbocycles. The van der Waals surface area contributed by atoms with Crippen LogP contribution in [-0.2, 0) is 6.42 Å². The first-order valence-electron chi connectivity index (χ1n) is 13.0. The van der Waals surface area contributed by atoms with Gasteiger partial charge in [0.2, 0.25) is 0 Å². The first-order valence-corrected chi connectivity index (χ1v) is 13.8. The highest BCUT2D eigenvalue weighted by molar-refractivity contribution is 6.36. The van der Waals surface area contributed by atoms with Crippen molar-refractivity contribution in [2.24, 2.45) is 0 Å². The maximum atomic E-state index is 13.1. The van der Waals surface area contributed by atoms with Gasteiger partial charge in [-0.1, -0.05) is 29.3 Å². The minimum atomic E-state index is -0.326. The zero-order chi connectivity index (χ0) is 26.5. The van der Waals surface area contributed by atoms with Crippen molar-refractivity contribution < 1.29 is 9.59 Å². The van der Waals surface area contributed by atoms with E-state index in [1.54, 1.807) is 18.2 Å². The highest BCUT2D eigenvalue weighted by Crippen LogP contribution is 2.32. The molecule has 1 saturated heterocycles. The van der Waals surface area contributed by atoms with Crippen LogP contribution in [0.5, 0.6) is 0 Å². The van der Waals surface area contributed by atoms with Crippen LogP contribution in [0.1, 0.15) is 53.1 Å². The minimum absolute atomic E-state index is 0.0393. The maximum Gasteiger partial charge on any atom is 0.319 e. The van der Waals surface area contributed by atoms with Crippen molar-refractivity contribution in [3.05, 3.63) is 87.7 Å². The van der Waals surface area contributed by atoms with Crippen molar-refractivity contribution in [2.75, 3.05) is 29.9 Å². The van der Waals surface area contributed by atoms with E-state index in [-0.39, 0.29) is 23.9 Å². The van der Waals surface area contributed by atoms with E-state index in [0.29, 0.717) is 27.8 Å². The number of aryl methyl sites for hydroxylation is 1. The quantitative estimate of drug-likeness (QED) is 0.349. The summed E-state index contributed by atoms with van der Waals surface area (Å²) in [5, 5.41) is 9.87. The Kier molecular flexibility index (Phi) is 8.35. The molecule has 5 rings (SSSR count). The Hall–Kier alpha value is -3.29. The van der Waals surface area contributed by atoms with Crippen LogP contribution in [0.15, 0.2) is 60.9 Å². The van der Waals surface area contributed by atoms with Crippen LogP contribution in [0.4, 0.5) is 16.2 Å². The third-order valence-corrected chi connectivity index (χ3v) is 7.94. The monoisotopic (exact) mass is 551 g/mol. The number of pyridine rings is 1. The normalized spacial score (nSPS) is 17.4. The Labute approximate surface area is 232 Å². The summed E-state index contributed by atoms with van der Waals surface area (Å²) in [7, 11) is 0. The lowest BCUT2D eigenvalue weighted by atomic mass is 9.82. The fourth-order valence-electron chi connectivity index (χ4n) is 5.33. The number of halogens is 2. The molecule has 3 N–H and O–H groups in total. The Bertz CT molecular complexity index is 1300. The second kappa shape index (κ2) is 12.0. The van der Waals surface area contributed by atoms with Gasteiger partial charge in [-0.05, 0) is 85.7 Å². The van der Waals surface area contributed by atoms with E-state index in [1.165, 1.54) is 11.3 Å². The Morgan fingerprint density at radius 1 is 0.974 bits per heavy atom. The Morgan fingerprint density at radius 2 is 1.76 bits per heavy atom. The molecule has 198 valence electrons. The lowest BCUT2D eigenvalue weighted by molar-refractivity contribution is 0.0931. The molecule has 1 aromatic heterocycles. The number of carbonyl (C=O) groups is 2. The highest BCUT2D eigenvalue weighted by atomic mass is 35.5. The fraction of sp³-hybridized carbons (Fsp3) is 0.345. The van der Waals surface area contributed by atoms with Gasteiger partial charge in [-0.3, -0.25) is 9.78 Å². The van der Waals surface area contributed by atoms with Gasteiger partial charge in [0.15, 0.2) is 0 Å². The standard InChI is InChI=1S/C29H31Cl2N5O2/c30-22-6-7-27(26(31)17-22)35-29(38)33-18-21-3-1-2-19-4-5-20(16-25(19)21)28(37)34-23-10-14-36(15-11-23)24-8-12-32-13-9-24/h4-9,12-13,16-17,21,23H,1-3,10-11,14-15,18H2,(H,34,37)(H2,33,35,38). The molecule has 3 aromatic rings. The van der Waals surface area contributed by atoms with E-state index in [4.69, 9.17) is 23.2 Å². The van der Waals surface area contributed by atoms with Crippen LogP contribution in [0, 0.1) is 0 Å². The van der Waals surface area contributed by atoms with Gasteiger partial charge in [0.25, 0.3) is 5.91 Å². The SMILES string of the molecule is O=C(NCC1CCCc2ccc(C(=O)NC3CCN(c4ccncc4)CC3)cc21)Nc1ccc(Cl)cc1Cl. The van der Waals surface area contributed by atoms with Crippen molar-refractivity contribution >= 4 is 46.5 Å². The molecule has 0 saturated carbocycles. The smallest absolute Gasteiger partial charge is 0.319 e. The first-order chi connectivity index (χ1) is 18.5. The number of nitrogens with zero attached hydrogens (tertiary/aromatic N) is 2. The van der Waals surface area contributed by atoms with Crippen molar-refractivity contribution in [3.8, 4) is 0 Å². The summed E-state index contributed by atoms with van der Waals surface area (Å²) in [5.41, 5.74) is 4.73. The lowest BCUT2D eigenvalue weighted by Gasteiger charge is -2.34. The number of anilines is 2. The number of benzene rings is 2. The predicted octanol–water partition coefficient (Wildman–Crippen LogP) is 6.03. The minimum Gasteiger partial charge on any atom is -0.371 e. The molecule has 1 atom stereocenters. The van der Waals surface area contributed by atoms with E-state index >= 15 is 0 Å². The van der Waals surface area contributed by atoms with Crippen molar-refractivity contribution in [3.63, 3.8) is 0 Å². The fourth-order valence-corrected chi connectivity index (χ4v) is 5.78. The number of rotatable bonds is 6. The van der Waals surface area contributed by atoms with Gasteiger partial charge in [-0.15, -0.1) is 0 Å². The second-order valence-electron chi connectivity index (χ2n) is 9.90. The number of fused-ring (bicyclic) bond motifs is 1. The molecule has 2 heterocycles. The van der Waals surface area contributed by atoms with E-state index in [9.17, 15) is 9.59 Å². The molecule has 0 bridgehead atoms. The maximum absolute atomic E-state index is 13.1. The number of piperidine rings is 1. The second-order valence-corrected chi connectivity index (χ2v) is 10.7. The number of carbonyl (C=O) groups excluding carboxylic acids is 2. The molecule has 0 spiro atoms. The van der Waals surface area contributed by atoms with Crippen LogP contribution in [0.3, 0.4) is 0 Å². The third-order valence-electron chi connectivity index (χ3n) is 7.39. The number of aromatic nitrogens is 1. The average molecular weight is 553 g/mol. The van der Waals surface area contributed by atoms with Crippen molar-refractivity contribution in [2.45, 2.75) is 44.1 Å². The average Bonchev–Trinajstić information content (AvgIpc) is 2.94. The van der Waals surface area contributed by atoms with Crippen LogP contribution >= 0.6 is 23.2 Å². The van der Waals surface area contributed by atoms with E-state index < -0.39 is 0 Å². The summed E-state index contributed by atoms with van der Waals surface area (Å²) in [6.07, 6.45) is 8.40. The van der Waals surface area contributed by atoms with E-state index in [0.717, 1.165) is 50.8 Å². The van der Waals surface area contributed by atoms with E-state index in [2.05, 4.69) is 31.9 Å². The summed E-state index contributed by atoms with van der Waals surface area (Å²) < 4.78 is 0. The predicted molar refractivity (Wildman–Crippen MR) is 153 cm³/mol. The number of urea groups is 1.